The number of nitrogens with one attached hydrogen (secondary N) is 1. The van der Waals surface area contributed by atoms with Gasteiger partial charge in [0.15, 0.2) is 6.23 Å². The summed E-state index contributed by atoms with van der Waals surface area (Å²) in [7, 11) is 0. The Labute approximate surface area is 167 Å². The summed E-state index contributed by atoms with van der Waals surface area (Å²) in [5.74, 6) is 0.0137. The van der Waals surface area contributed by atoms with Crippen molar-refractivity contribution in [1.82, 2.24) is 10.2 Å². The van der Waals surface area contributed by atoms with Crippen molar-refractivity contribution in [2.75, 3.05) is 5.75 Å². The van der Waals surface area contributed by atoms with E-state index in [0.717, 1.165) is 5.56 Å². The predicted octanol–water partition coefficient (Wildman–Crippen LogP) is 2.82. The van der Waals surface area contributed by atoms with E-state index >= 15 is 0 Å². The number of hydrogen-bond donors (Lipinski definition) is 2. The summed E-state index contributed by atoms with van der Waals surface area (Å²) >= 11 is 1.44. The van der Waals surface area contributed by atoms with Crippen LogP contribution < -0.4 is 5.32 Å². The molecule has 2 N–H and O–H groups in total. The average Bonchev–Trinajstić information content (AvgIpc) is 3.05. The molecule has 0 aromatic heterocycles. The fourth-order valence-electron chi connectivity index (χ4n) is 3.54. The summed E-state index contributed by atoms with van der Waals surface area (Å²) in [5, 5.41) is 11.5. The molecule has 2 amide bonds. The van der Waals surface area contributed by atoms with Crippen molar-refractivity contribution < 1.29 is 29.0 Å². The first-order valence-electron chi connectivity index (χ1n) is 8.99. The number of rotatable bonds is 4. The first-order valence-corrected chi connectivity index (χ1v) is 10.0. The highest BCUT2D eigenvalue weighted by Gasteiger charge is 2.58. The van der Waals surface area contributed by atoms with Gasteiger partial charge in [-0.3, -0.25) is 9.69 Å². The number of hydrogen-bond acceptors (Lipinski definition) is 6. The number of thioether (sulfide) groups is 1. The number of carbonyl (C=O) groups excluding carboxylic acids is 2. The van der Waals surface area contributed by atoms with Gasteiger partial charge < -0.3 is 19.9 Å². The molecule has 152 valence electrons. The highest BCUT2D eigenvalue weighted by molar-refractivity contribution is 8.00. The molecule has 0 bridgehead atoms. The first kappa shape index (κ1) is 20.3. The minimum absolute atomic E-state index is 0.268. The van der Waals surface area contributed by atoms with E-state index in [1.54, 1.807) is 20.8 Å². The van der Waals surface area contributed by atoms with Crippen molar-refractivity contribution in [3.05, 3.63) is 35.9 Å². The maximum Gasteiger partial charge on any atom is 0.507 e. The van der Waals surface area contributed by atoms with E-state index < -0.39 is 29.6 Å². The van der Waals surface area contributed by atoms with Crippen LogP contribution in [0.25, 0.3) is 0 Å². The number of amides is 2. The molecule has 0 aliphatic carbocycles. The number of carboxylic acid groups (broad SMARTS) is 1. The van der Waals surface area contributed by atoms with Crippen LogP contribution in [0.3, 0.4) is 0 Å². The maximum atomic E-state index is 13.4. The molecule has 1 aromatic carbocycles. The second-order valence-corrected chi connectivity index (χ2v) is 9.13. The van der Waals surface area contributed by atoms with E-state index in [4.69, 9.17) is 14.6 Å². The second-order valence-electron chi connectivity index (χ2n) is 7.91. The molecular weight excluding hydrogens is 384 g/mol. The van der Waals surface area contributed by atoms with Gasteiger partial charge in [0.1, 0.15) is 11.1 Å². The Balaban J connectivity index is 1.88. The number of fused-ring (bicyclic) bond motifs is 1. The Morgan fingerprint density at radius 3 is 2.61 bits per heavy atom. The molecule has 3 rings (SSSR count). The van der Waals surface area contributed by atoms with Crippen molar-refractivity contribution in [2.24, 2.45) is 0 Å². The van der Waals surface area contributed by atoms with Gasteiger partial charge in [-0.05, 0) is 26.3 Å². The monoisotopic (exact) mass is 408 g/mol. The topological polar surface area (TPSA) is 105 Å². The number of ether oxygens (including phenoxy) is 2. The molecule has 1 aromatic rings. The SMILES string of the molecule is CC(C)(C)OC(=O)N[C@]1(Cc2ccccc2)C[C@@H]2SC[C@@H](OC(=O)O)N2C1=O. The molecule has 0 saturated carbocycles. The Morgan fingerprint density at radius 1 is 1.32 bits per heavy atom. The van der Waals surface area contributed by atoms with E-state index in [-0.39, 0.29) is 17.7 Å². The van der Waals surface area contributed by atoms with E-state index in [1.165, 1.54) is 16.7 Å². The van der Waals surface area contributed by atoms with Gasteiger partial charge >= 0.3 is 12.2 Å². The Bertz CT molecular complexity index is 765. The summed E-state index contributed by atoms with van der Waals surface area (Å²) in [6.45, 7) is 5.24. The fourth-order valence-corrected chi connectivity index (χ4v) is 4.95. The van der Waals surface area contributed by atoms with Crippen LogP contribution in [0.5, 0.6) is 0 Å². The van der Waals surface area contributed by atoms with Crippen LogP contribution in [0.4, 0.5) is 9.59 Å². The van der Waals surface area contributed by atoms with Crippen molar-refractivity contribution >= 4 is 29.9 Å². The van der Waals surface area contributed by atoms with Crippen LogP contribution in [0.15, 0.2) is 30.3 Å². The van der Waals surface area contributed by atoms with E-state index in [9.17, 15) is 14.4 Å². The fraction of sp³-hybridized carbons (Fsp3) is 0.526. The van der Waals surface area contributed by atoms with Gasteiger partial charge in [-0.1, -0.05) is 30.3 Å². The Morgan fingerprint density at radius 2 is 2.00 bits per heavy atom. The molecule has 2 fully saturated rings. The summed E-state index contributed by atoms with van der Waals surface area (Å²) < 4.78 is 10.3. The van der Waals surface area contributed by atoms with Crippen molar-refractivity contribution in [1.29, 1.82) is 0 Å². The quantitative estimate of drug-likeness (QED) is 0.738. The summed E-state index contributed by atoms with van der Waals surface area (Å²) in [6, 6.07) is 9.37. The third kappa shape index (κ3) is 4.35. The van der Waals surface area contributed by atoms with E-state index in [1.807, 2.05) is 30.3 Å². The van der Waals surface area contributed by atoms with Crippen molar-refractivity contribution in [3.63, 3.8) is 0 Å². The predicted molar refractivity (Wildman–Crippen MR) is 103 cm³/mol. The molecule has 0 spiro atoms. The zero-order chi connectivity index (χ0) is 20.5. The van der Waals surface area contributed by atoms with Crippen LogP contribution in [-0.2, 0) is 20.7 Å². The zero-order valence-corrected chi connectivity index (χ0v) is 16.8. The van der Waals surface area contributed by atoms with Crippen LogP contribution in [0.1, 0.15) is 32.8 Å². The van der Waals surface area contributed by atoms with Crippen LogP contribution in [-0.4, -0.2) is 56.7 Å². The van der Waals surface area contributed by atoms with E-state index in [2.05, 4.69) is 5.32 Å². The molecule has 0 unspecified atom stereocenters. The van der Waals surface area contributed by atoms with E-state index in [0.29, 0.717) is 12.2 Å². The van der Waals surface area contributed by atoms with Gasteiger partial charge in [-0.25, -0.2) is 9.59 Å². The van der Waals surface area contributed by atoms with Gasteiger partial charge in [0, 0.05) is 12.8 Å². The van der Waals surface area contributed by atoms with Crippen LogP contribution >= 0.6 is 11.8 Å². The molecule has 28 heavy (non-hydrogen) atoms. The summed E-state index contributed by atoms with van der Waals surface area (Å²) in [6.07, 6.45) is -2.36. The lowest BCUT2D eigenvalue weighted by molar-refractivity contribution is -0.141. The zero-order valence-electron chi connectivity index (χ0n) is 16.0. The molecule has 3 atom stereocenters. The summed E-state index contributed by atoms with van der Waals surface area (Å²) in [5.41, 5.74) is -1.05. The lowest BCUT2D eigenvalue weighted by atomic mass is 9.89. The number of alkyl carbamates (subject to hydrolysis) is 1. The van der Waals surface area contributed by atoms with Crippen LogP contribution in [0, 0.1) is 0 Å². The number of benzene rings is 1. The van der Waals surface area contributed by atoms with Crippen molar-refractivity contribution in [3.8, 4) is 0 Å². The standard InChI is InChI=1S/C19H24N2O6S/c1-18(2,3)27-16(23)20-19(9-12-7-5-4-6-8-12)10-14-21(15(19)22)13(11-28-14)26-17(24)25/h4-8,13-14H,9-11H2,1-3H3,(H,20,23)(H,24,25)/t13-,14+,19-/m1/s1. The van der Waals surface area contributed by atoms with Gasteiger partial charge in [0.25, 0.3) is 5.91 Å². The Hall–Kier alpha value is -2.42. The minimum Gasteiger partial charge on any atom is -0.450 e. The highest BCUT2D eigenvalue weighted by Crippen LogP contribution is 2.44. The molecule has 2 saturated heterocycles. The largest absolute Gasteiger partial charge is 0.507 e. The normalized spacial score (nSPS) is 26.7. The lowest BCUT2D eigenvalue weighted by Gasteiger charge is -2.31. The van der Waals surface area contributed by atoms with Gasteiger partial charge in [-0.15, -0.1) is 11.8 Å². The van der Waals surface area contributed by atoms with Gasteiger partial charge in [0.05, 0.1) is 11.1 Å². The van der Waals surface area contributed by atoms with Gasteiger partial charge in [0.2, 0.25) is 0 Å². The molecule has 2 heterocycles. The molecule has 0 radical (unpaired) electrons. The average molecular weight is 408 g/mol. The Kier molecular flexibility index (Phi) is 5.47. The molecule has 2 aliphatic heterocycles. The number of nitrogens with zero attached hydrogens (tertiary/aromatic N) is 1. The third-order valence-corrected chi connectivity index (χ3v) is 5.80. The lowest BCUT2D eigenvalue weighted by Crippen LogP contribution is -2.57. The smallest absolute Gasteiger partial charge is 0.450 e. The van der Waals surface area contributed by atoms with Crippen LogP contribution in [0.2, 0.25) is 0 Å². The second kappa shape index (κ2) is 7.54. The van der Waals surface area contributed by atoms with Gasteiger partial charge in [-0.2, -0.15) is 0 Å². The minimum atomic E-state index is -1.43. The third-order valence-electron chi connectivity index (χ3n) is 4.54. The number of carbonyl (C=O) groups is 3. The first-order chi connectivity index (χ1) is 13.1. The summed E-state index contributed by atoms with van der Waals surface area (Å²) in [4.78, 5) is 38.3. The molecule has 2 aliphatic rings. The molecular formula is C19H24N2O6S. The molecule has 9 heteroatoms. The molecule has 8 nitrogen and oxygen atoms in total. The highest BCUT2D eigenvalue weighted by atomic mass is 32.2. The van der Waals surface area contributed by atoms with Crippen molar-refractivity contribution in [2.45, 2.75) is 56.4 Å². The maximum absolute atomic E-state index is 13.4.